The highest BCUT2D eigenvalue weighted by Gasteiger charge is 2.09. The van der Waals surface area contributed by atoms with Crippen LogP contribution in [0.25, 0.3) is 0 Å². The van der Waals surface area contributed by atoms with Gasteiger partial charge in [0, 0.05) is 21.3 Å². The number of hydrogen-bond acceptors (Lipinski definition) is 5. The second-order valence-electron chi connectivity index (χ2n) is 1.24. The van der Waals surface area contributed by atoms with E-state index >= 15 is 0 Å². The lowest BCUT2D eigenvalue weighted by Crippen LogP contribution is -2.21. The van der Waals surface area contributed by atoms with Crippen molar-refractivity contribution in [1.29, 1.82) is 0 Å². The molecule has 0 aromatic rings. The van der Waals surface area contributed by atoms with Gasteiger partial charge in [0.2, 0.25) is 0 Å². The van der Waals surface area contributed by atoms with E-state index in [2.05, 4.69) is 0 Å². The SMILES string of the molecule is CO[Si](OC)OC.O=S(=O)(F)F. The van der Waals surface area contributed by atoms with Crippen LogP contribution in [-0.2, 0) is 23.9 Å². The molecule has 0 fully saturated rings. The largest absolute Gasteiger partial charge is 0.576 e. The lowest BCUT2D eigenvalue weighted by Gasteiger charge is -2.02. The van der Waals surface area contributed by atoms with Gasteiger partial charge in [-0.2, -0.15) is 8.42 Å². The van der Waals surface area contributed by atoms with Crippen molar-refractivity contribution in [1.82, 2.24) is 0 Å². The fraction of sp³-hybridized carbons (Fsp3) is 1.00. The van der Waals surface area contributed by atoms with Crippen LogP contribution in [0.15, 0.2) is 0 Å². The van der Waals surface area contributed by atoms with Gasteiger partial charge in [-0.05, 0) is 0 Å². The number of rotatable bonds is 3. The van der Waals surface area contributed by atoms with E-state index in [1.807, 2.05) is 0 Å². The molecule has 9 heteroatoms. The molecular formula is C3H9F2O5SSi. The Morgan fingerprint density at radius 3 is 1.17 bits per heavy atom. The van der Waals surface area contributed by atoms with E-state index in [9.17, 15) is 7.77 Å². The molecule has 0 N–H and O–H groups in total. The number of halogens is 2. The Morgan fingerprint density at radius 1 is 1.00 bits per heavy atom. The summed E-state index contributed by atoms with van der Waals surface area (Å²) in [4.78, 5) is 0. The zero-order valence-corrected chi connectivity index (χ0v) is 8.52. The van der Waals surface area contributed by atoms with Crippen molar-refractivity contribution in [2.24, 2.45) is 0 Å². The summed E-state index contributed by atoms with van der Waals surface area (Å²) in [6, 6.07) is 0. The summed E-state index contributed by atoms with van der Waals surface area (Å²) in [5, 5.41) is 0. The van der Waals surface area contributed by atoms with Crippen molar-refractivity contribution in [3.05, 3.63) is 0 Å². The van der Waals surface area contributed by atoms with Crippen molar-refractivity contribution < 1.29 is 29.5 Å². The second-order valence-corrected chi connectivity index (χ2v) is 3.72. The first-order valence-electron chi connectivity index (χ1n) is 2.48. The van der Waals surface area contributed by atoms with Crippen LogP contribution in [0.4, 0.5) is 7.77 Å². The van der Waals surface area contributed by atoms with Crippen molar-refractivity contribution in [3.8, 4) is 0 Å². The maximum absolute atomic E-state index is 9.99. The van der Waals surface area contributed by atoms with Gasteiger partial charge >= 0.3 is 20.1 Å². The van der Waals surface area contributed by atoms with Crippen LogP contribution in [0.2, 0.25) is 0 Å². The first-order chi connectivity index (χ1) is 5.35. The Morgan fingerprint density at radius 2 is 1.17 bits per heavy atom. The van der Waals surface area contributed by atoms with Crippen molar-refractivity contribution in [3.63, 3.8) is 0 Å². The first kappa shape index (κ1) is 14.4. The molecule has 5 nitrogen and oxygen atoms in total. The summed E-state index contributed by atoms with van der Waals surface area (Å²) in [5.41, 5.74) is 0. The van der Waals surface area contributed by atoms with Crippen molar-refractivity contribution in [2.75, 3.05) is 21.3 Å². The highest BCUT2D eigenvalue weighted by Crippen LogP contribution is 1.85. The third-order valence-corrected chi connectivity index (χ3v) is 1.50. The van der Waals surface area contributed by atoms with Gasteiger partial charge in [0.1, 0.15) is 0 Å². The molecule has 0 aliphatic heterocycles. The van der Waals surface area contributed by atoms with Gasteiger partial charge in [-0.3, -0.25) is 0 Å². The highest BCUT2D eigenvalue weighted by atomic mass is 32.3. The van der Waals surface area contributed by atoms with Gasteiger partial charge < -0.3 is 13.3 Å². The molecule has 0 bridgehead atoms. The van der Waals surface area contributed by atoms with Crippen LogP contribution in [0.3, 0.4) is 0 Å². The molecule has 0 saturated heterocycles. The van der Waals surface area contributed by atoms with Crippen LogP contribution in [0.1, 0.15) is 0 Å². The molecule has 0 heterocycles. The zero-order valence-electron chi connectivity index (χ0n) is 6.71. The molecule has 0 aromatic heterocycles. The lowest BCUT2D eigenvalue weighted by atomic mass is 11.8. The topological polar surface area (TPSA) is 61.8 Å². The van der Waals surface area contributed by atoms with Gasteiger partial charge in [-0.15, -0.1) is 0 Å². The van der Waals surface area contributed by atoms with E-state index in [1.54, 1.807) is 21.3 Å². The van der Waals surface area contributed by atoms with Crippen LogP contribution in [0.5, 0.6) is 0 Å². The average molecular weight is 223 g/mol. The maximum atomic E-state index is 9.99. The molecule has 0 saturated carbocycles. The molecule has 1 radical (unpaired) electrons. The van der Waals surface area contributed by atoms with Gasteiger partial charge in [0.25, 0.3) is 0 Å². The molecule has 0 unspecified atom stereocenters. The number of hydrogen-bond donors (Lipinski definition) is 0. The Balaban J connectivity index is 0. The van der Waals surface area contributed by atoms with Crippen molar-refractivity contribution in [2.45, 2.75) is 0 Å². The van der Waals surface area contributed by atoms with E-state index in [0.29, 0.717) is 0 Å². The minimum atomic E-state index is -5.67. The van der Waals surface area contributed by atoms with Gasteiger partial charge in [-0.25, -0.2) is 0 Å². The minimum absolute atomic E-state index is 1.36. The normalized spacial score (nSPS) is 10.8. The van der Waals surface area contributed by atoms with Crippen LogP contribution in [-0.4, -0.2) is 39.3 Å². The first-order valence-corrected chi connectivity index (χ1v) is 4.99. The molecule has 0 atom stereocenters. The van der Waals surface area contributed by atoms with Gasteiger partial charge in [0.05, 0.1) is 0 Å². The molecule has 12 heavy (non-hydrogen) atoms. The van der Waals surface area contributed by atoms with E-state index in [4.69, 9.17) is 21.7 Å². The quantitative estimate of drug-likeness (QED) is 0.501. The summed E-state index contributed by atoms with van der Waals surface area (Å²) in [6.07, 6.45) is 0. The smallest absolute Gasteiger partial charge is 0.375 e. The Bertz CT molecular complexity index is 166. The predicted molar refractivity (Wildman–Crippen MR) is 37.9 cm³/mol. The zero-order chi connectivity index (χ0) is 10.2. The molecule has 0 rings (SSSR count). The van der Waals surface area contributed by atoms with Crippen LogP contribution in [0, 0.1) is 0 Å². The Hall–Kier alpha value is -0.0931. The minimum Gasteiger partial charge on any atom is -0.375 e. The Labute approximate surface area is 71.7 Å². The third-order valence-electron chi connectivity index (χ3n) is 0.500. The Kier molecular flexibility index (Phi) is 9.08. The monoisotopic (exact) mass is 223 g/mol. The molecule has 0 aromatic carbocycles. The van der Waals surface area contributed by atoms with E-state index in [0.717, 1.165) is 0 Å². The fourth-order valence-corrected chi connectivity index (χ4v) is 0.750. The average Bonchev–Trinajstić information content (AvgIpc) is 1.88. The van der Waals surface area contributed by atoms with E-state index in [-0.39, 0.29) is 0 Å². The maximum Gasteiger partial charge on any atom is 0.576 e. The molecule has 0 amide bonds. The summed E-state index contributed by atoms with van der Waals surface area (Å²) < 4.78 is 50.7. The van der Waals surface area contributed by atoms with Gasteiger partial charge in [-0.1, -0.05) is 7.77 Å². The summed E-state index contributed by atoms with van der Waals surface area (Å²) in [5.74, 6) is 0. The van der Waals surface area contributed by atoms with E-state index in [1.165, 1.54) is 0 Å². The molecule has 0 spiro atoms. The predicted octanol–water partition coefficient (Wildman–Crippen LogP) is 0.0807. The third kappa shape index (κ3) is 22.5. The van der Waals surface area contributed by atoms with Crippen molar-refractivity contribution >= 4 is 20.1 Å². The standard InChI is InChI=1S/C3H9O3Si.F2O2S/c1-4-7(5-2)6-3;1-5(2,3)4/h1-3H3;. The van der Waals surface area contributed by atoms with Crippen LogP contribution >= 0.6 is 0 Å². The summed E-state index contributed by atoms with van der Waals surface area (Å²) >= 11 is 0. The molecule has 75 valence electrons. The summed E-state index contributed by atoms with van der Waals surface area (Å²) in [7, 11) is -2.36. The van der Waals surface area contributed by atoms with Gasteiger partial charge in [0.15, 0.2) is 0 Å². The van der Waals surface area contributed by atoms with Crippen LogP contribution < -0.4 is 0 Å². The lowest BCUT2D eigenvalue weighted by molar-refractivity contribution is 0.163. The van der Waals surface area contributed by atoms with E-state index < -0.39 is 20.1 Å². The fourth-order valence-electron chi connectivity index (χ4n) is 0.250. The highest BCUT2D eigenvalue weighted by molar-refractivity contribution is 7.81. The summed E-state index contributed by atoms with van der Waals surface area (Å²) in [6.45, 7) is 0. The molecular weight excluding hydrogens is 214 g/mol. The second kappa shape index (κ2) is 7.55. The molecule has 0 aliphatic carbocycles. The molecule has 0 aliphatic rings.